The highest BCUT2D eigenvalue weighted by atomic mass is 79.9. The molecule has 0 atom stereocenters. The third-order valence-corrected chi connectivity index (χ3v) is 1.98. The third-order valence-electron chi connectivity index (χ3n) is 1.38. The van der Waals surface area contributed by atoms with Crippen molar-refractivity contribution >= 4 is 33.2 Å². The van der Waals surface area contributed by atoms with E-state index < -0.39 is 5.82 Å². The van der Waals surface area contributed by atoms with Gasteiger partial charge < -0.3 is 5.73 Å². The average Bonchev–Trinajstić information content (AvgIpc) is 2.09. The van der Waals surface area contributed by atoms with Crippen molar-refractivity contribution in [2.75, 3.05) is 11.1 Å². The lowest BCUT2D eigenvalue weighted by molar-refractivity contribution is 0.628. The van der Waals surface area contributed by atoms with E-state index >= 15 is 0 Å². The van der Waals surface area contributed by atoms with Gasteiger partial charge in [-0.15, -0.1) is 0 Å². The van der Waals surface area contributed by atoms with Crippen molar-refractivity contribution in [3.63, 3.8) is 0 Å². The first-order valence-electron chi connectivity index (χ1n) is 3.44. The van der Waals surface area contributed by atoms with E-state index in [0.29, 0.717) is 16.6 Å². The van der Waals surface area contributed by atoms with Gasteiger partial charge in [0.05, 0.1) is 21.6 Å². The minimum Gasteiger partial charge on any atom is -0.397 e. The second-order valence-corrected chi connectivity index (χ2v) is 3.25. The molecule has 0 saturated carbocycles. The van der Waals surface area contributed by atoms with Crippen LogP contribution in [0, 0.1) is 17.7 Å². The van der Waals surface area contributed by atoms with Crippen LogP contribution in [0.25, 0.3) is 0 Å². The minimum atomic E-state index is -0.432. The molecule has 0 aliphatic rings. The lowest BCUT2D eigenvalue weighted by Crippen LogP contribution is -1.93. The van der Waals surface area contributed by atoms with E-state index in [1.807, 2.05) is 0 Å². The van der Waals surface area contributed by atoms with E-state index in [1.54, 1.807) is 0 Å². The zero-order valence-electron chi connectivity index (χ0n) is 6.57. The molecule has 4 heteroatoms. The van der Waals surface area contributed by atoms with Gasteiger partial charge in [-0.3, -0.25) is 0 Å². The van der Waals surface area contributed by atoms with Gasteiger partial charge in [-0.1, -0.05) is 39.4 Å². The summed E-state index contributed by atoms with van der Waals surface area (Å²) in [6.45, 7) is 0. The molecule has 2 N–H and O–H groups in total. The van der Waals surface area contributed by atoms with Crippen LogP contribution in [0.1, 0.15) is 5.56 Å². The summed E-state index contributed by atoms with van der Waals surface area (Å²) in [5.41, 5.74) is 6.31. The summed E-state index contributed by atoms with van der Waals surface area (Å²) in [5, 5.41) is 0.708. The number of hydrogen-bond acceptors (Lipinski definition) is 1. The Labute approximate surface area is 89.2 Å². The normalized spacial score (nSPS) is 9.15. The van der Waals surface area contributed by atoms with Gasteiger partial charge in [-0.2, -0.15) is 0 Å². The number of alkyl halides is 1. The molecule has 1 aromatic carbocycles. The fourth-order valence-electron chi connectivity index (χ4n) is 0.817. The Hall–Kier alpha value is -0.720. The molecule has 0 fully saturated rings. The SMILES string of the molecule is Nc1c(Cl)cc(F)cc1C#CCBr. The zero-order chi connectivity index (χ0) is 9.84. The first kappa shape index (κ1) is 10.4. The predicted octanol–water partition coefficient (Wildman–Crippen LogP) is 2.81. The fourth-order valence-corrected chi connectivity index (χ4v) is 1.16. The van der Waals surface area contributed by atoms with Gasteiger partial charge in [-0.05, 0) is 12.1 Å². The van der Waals surface area contributed by atoms with Crippen LogP contribution in [-0.2, 0) is 0 Å². The summed E-state index contributed by atoms with van der Waals surface area (Å²) < 4.78 is 12.8. The molecule has 0 aromatic heterocycles. The van der Waals surface area contributed by atoms with Crippen LogP contribution in [-0.4, -0.2) is 5.33 Å². The molecule has 0 amide bonds. The number of nitrogen functional groups attached to an aromatic ring is 1. The molecule has 0 saturated heterocycles. The predicted molar refractivity (Wildman–Crippen MR) is 56.5 cm³/mol. The van der Waals surface area contributed by atoms with Crippen LogP contribution in [0.4, 0.5) is 10.1 Å². The number of nitrogens with two attached hydrogens (primary N) is 1. The number of hydrogen-bond donors (Lipinski definition) is 1. The van der Waals surface area contributed by atoms with Crippen molar-refractivity contribution in [1.29, 1.82) is 0 Å². The van der Waals surface area contributed by atoms with Crippen molar-refractivity contribution in [2.45, 2.75) is 0 Å². The maximum atomic E-state index is 12.8. The van der Waals surface area contributed by atoms with E-state index in [0.717, 1.165) is 6.07 Å². The average molecular weight is 263 g/mol. The first-order valence-corrected chi connectivity index (χ1v) is 4.94. The molecule has 0 radical (unpaired) electrons. The van der Waals surface area contributed by atoms with Gasteiger partial charge in [0.25, 0.3) is 0 Å². The lowest BCUT2D eigenvalue weighted by Gasteiger charge is -2.00. The maximum Gasteiger partial charge on any atom is 0.126 e. The molecule has 1 nitrogen and oxygen atoms in total. The van der Waals surface area contributed by atoms with Crippen LogP contribution >= 0.6 is 27.5 Å². The van der Waals surface area contributed by atoms with Gasteiger partial charge in [0.1, 0.15) is 5.82 Å². The molecule has 0 heterocycles. The monoisotopic (exact) mass is 261 g/mol. The quantitative estimate of drug-likeness (QED) is 0.434. The van der Waals surface area contributed by atoms with Crippen molar-refractivity contribution in [3.05, 3.63) is 28.5 Å². The first-order chi connectivity index (χ1) is 6.15. The third kappa shape index (κ3) is 2.61. The molecule has 0 bridgehead atoms. The van der Waals surface area contributed by atoms with Crippen molar-refractivity contribution in [3.8, 4) is 11.8 Å². The topological polar surface area (TPSA) is 26.0 Å². The van der Waals surface area contributed by atoms with E-state index in [-0.39, 0.29) is 5.02 Å². The standard InChI is InChI=1S/C9H6BrClFN/c10-3-1-2-6-4-7(12)5-8(11)9(6)13/h4-5H,3,13H2. The summed E-state index contributed by atoms with van der Waals surface area (Å²) >= 11 is 8.78. The molecule has 68 valence electrons. The Kier molecular flexibility index (Phi) is 3.58. The van der Waals surface area contributed by atoms with Gasteiger partial charge in [0.15, 0.2) is 0 Å². The van der Waals surface area contributed by atoms with E-state index in [1.165, 1.54) is 6.07 Å². The van der Waals surface area contributed by atoms with Gasteiger partial charge in [-0.25, -0.2) is 4.39 Å². The number of rotatable bonds is 0. The highest BCUT2D eigenvalue weighted by molar-refractivity contribution is 9.09. The Morgan fingerprint density at radius 3 is 2.85 bits per heavy atom. The molecule has 0 spiro atoms. The number of benzene rings is 1. The summed E-state index contributed by atoms with van der Waals surface area (Å²) in [6.07, 6.45) is 0. The molecule has 0 aliphatic heterocycles. The van der Waals surface area contributed by atoms with Crippen molar-refractivity contribution < 1.29 is 4.39 Å². The Morgan fingerprint density at radius 1 is 1.54 bits per heavy atom. The fraction of sp³-hybridized carbons (Fsp3) is 0.111. The highest BCUT2D eigenvalue weighted by Crippen LogP contribution is 2.23. The van der Waals surface area contributed by atoms with Gasteiger partial charge in [0.2, 0.25) is 0 Å². The molecule has 1 rings (SSSR count). The summed E-state index contributed by atoms with van der Waals surface area (Å²) in [6, 6.07) is 2.42. The van der Waals surface area contributed by atoms with Crippen LogP contribution in [0.3, 0.4) is 0 Å². The maximum absolute atomic E-state index is 12.8. The van der Waals surface area contributed by atoms with Crippen LogP contribution in [0.2, 0.25) is 5.02 Å². The second kappa shape index (κ2) is 4.50. The Morgan fingerprint density at radius 2 is 2.23 bits per heavy atom. The van der Waals surface area contributed by atoms with E-state index in [4.69, 9.17) is 17.3 Å². The van der Waals surface area contributed by atoms with E-state index in [9.17, 15) is 4.39 Å². The van der Waals surface area contributed by atoms with Gasteiger partial charge >= 0.3 is 0 Å². The molecular weight excluding hydrogens is 256 g/mol. The van der Waals surface area contributed by atoms with Crippen molar-refractivity contribution in [1.82, 2.24) is 0 Å². The number of anilines is 1. The summed E-state index contributed by atoms with van der Waals surface area (Å²) in [4.78, 5) is 0. The van der Waals surface area contributed by atoms with Crippen LogP contribution in [0.5, 0.6) is 0 Å². The molecule has 13 heavy (non-hydrogen) atoms. The Bertz CT molecular complexity index is 381. The molecule has 1 aromatic rings. The highest BCUT2D eigenvalue weighted by Gasteiger charge is 2.03. The Balaban J connectivity index is 3.20. The largest absolute Gasteiger partial charge is 0.397 e. The van der Waals surface area contributed by atoms with E-state index in [2.05, 4.69) is 27.8 Å². The van der Waals surface area contributed by atoms with Crippen molar-refractivity contribution in [2.24, 2.45) is 0 Å². The van der Waals surface area contributed by atoms with Crippen LogP contribution < -0.4 is 5.73 Å². The summed E-state index contributed by atoms with van der Waals surface area (Å²) in [5.74, 6) is 4.99. The minimum absolute atomic E-state index is 0.193. The number of halogens is 3. The van der Waals surface area contributed by atoms with Gasteiger partial charge in [0, 0.05) is 0 Å². The second-order valence-electron chi connectivity index (χ2n) is 2.28. The smallest absolute Gasteiger partial charge is 0.126 e. The van der Waals surface area contributed by atoms with Crippen LogP contribution in [0.15, 0.2) is 12.1 Å². The summed E-state index contributed by atoms with van der Waals surface area (Å²) in [7, 11) is 0. The zero-order valence-corrected chi connectivity index (χ0v) is 8.91. The lowest BCUT2D eigenvalue weighted by atomic mass is 10.2. The molecule has 0 aliphatic carbocycles. The molecular formula is C9H6BrClFN. The molecule has 0 unspecified atom stereocenters.